The van der Waals surface area contributed by atoms with Crippen molar-refractivity contribution in [3.05, 3.63) is 42.5 Å². The zero-order valence-corrected chi connectivity index (χ0v) is 10.7. The van der Waals surface area contributed by atoms with Crippen molar-refractivity contribution in [1.29, 1.82) is 0 Å². The van der Waals surface area contributed by atoms with Gasteiger partial charge in [-0.15, -0.1) is 5.10 Å². The molecule has 0 aliphatic heterocycles. The molecule has 0 saturated carbocycles. The Kier molecular flexibility index (Phi) is 3.08. The second kappa shape index (κ2) is 5.04. The van der Waals surface area contributed by atoms with E-state index in [9.17, 15) is 4.79 Å². The zero-order chi connectivity index (χ0) is 13.9. The Morgan fingerprint density at radius 2 is 2.25 bits per heavy atom. The molecule has 0 unspecified atom stereocenters. The first-order chi connectivity index (χ1) is 9.79. The molecule has 0 N–H and O–H groups in total. The lowest BCUT2D eigenvalue weighted by Crippen LogP contribution is -2.11. The molecule has 0 bridgehead atoms. The molecule has 20 heavy (non-hydrogen) atoms. The van der Waals surface area contributed by atoms with E-state index in [4.69, 9.17) is 4.74 Å². The number of ether oxygens (including phenoxy) is 1. The summed E-state index contributed by atoms with van der Waals surface area (Å²) in [7, 11) is 0. The van der Waals surface area contributed by atoms with Crippen LogP contribution >= 0.6 is 0 Å². The van der Waals surface area contributed by atoms with Crippen molar-refractivity contribution in [3.63, 3.8) is 0 Å². The Morgan fingerprint density at radius 3 is 3.00 bits per heavy atom. The van der Waals surface area contributed by atoms with Crippen LogP contribution in [0.15, 0.2) is 36.8 Å². The molecular weight excluding hydrogens is 258 g/mol. The second-order valence-corrected chi connectivity index (χ2v) is 3.94. The van der Waals surface area contributed by atoms with E-state index in [0.717, 1.165) is 5.56 Å². The van der Waals surface area contributed by atoms with Crippen molar-refractivity contribution in [2.45, 2.75) is 6.92 Å². The van der Waals surface area contributed by atoms with Crippen LogP contribution in [0.4, 0.5) is 0 Å². The van der Waals surface area contributed by atoms with E-state index in [2.05, 4.69) is 20.1 Å². The number of pyridine rings is 1. The minimum atomic E-state index is -0.456. The Bertz CT molecular complexity index is 754. The van der Waals surface area contributed by atoms with E-state index in [-0.39, 0.29) is 0 Å². The van der Waals surface area contributed by atoms with Crippen molar-refractivity contribution in [2.75, 3.05) is 6.61 Å². The van der Waals surface area contributed by atoms with Crippen molar-refractivity contribution in [1.82, 2.24) is 24.6 Å². The van der Waals surface area contributed by atoms with Gasteiger partial charge < -0.3 is 4.74 Å². The number of esters is 1. The van der Waals surface area contributed by atoms with E-state index in [1.807, 2.05) is 6.07 Å². The molecule has 3 aromatic heterocycles. The topological polar surface area (TPSA) is 82.3 Å². The number of hydrogen-bond acceptors (Lipinski definition) is 6. The van der Waals surface area contributed by atoms with Gasteiger partial charge in [-0.2, -0.15) is 9.50 Å². The molecule has 0 saturated heterocycles. The molecule has 3 heterocycles. The van der Waals surface area contributed by atoms with Gasteiger partial charge in [0.2, 0.25) is 0 Å². The van der Waals surface area contributed by atoms with Crippen LogP contribution in [0.1, 0.15) is 17.4 Å². The molecular formula is C13H11N5O2. The van der Waals surface area contributed by atoms with E-state index in [0.29, 0.717) is 23.9 Å². The first-order valence-corrected chi connectivity index (χ1v) is 6.09. The van der Waals surface area contributed by atoms with Crippen LogP contribution in [0.2, 0.25) is 0 Å². The highest BCUT2D eigenvalue weighted by molar-refractivity contribution is 5.88. The maximum absolute atomic E-state index is 11.9. The molecule has 0 spiro atoms. The highest BCUT2D eigenvalue weighted by Gasteiger charge is 2.15. The van der Waals surface area contributed by atoms with E-state index in [1.165, 1.54) is 10.7 Å². The Labute approximate surface area is 114 Å². The van der Waals surface area contributed by atoms with Gasteiger partial charge in [-0.05, 0) is 25.1 Å². The smallest absolute Gasteiger partial charge is 0.357 e. The number of nitrogens with zero attached hydrogens (tertiary/aromatic N) is 5. The fraction of sp³-hybridized carbons (Fsp3) is 0.154. The van der Waals surface area contributed by atoms with Gasteiger partial charge in [-0.25, -0.2) is 9.78 Å². The molecule has 0 aliphatic rings. The standard InChI is InChI=1S/C13H11N5O2/c1-2-20-12(19)10-5-7-15-13-16-11(17-18(10)13)9-4-3-6-14-8-9/h3-8H,2H2,1H3. The minimum absolute atomic E-state index is 0.291. The number of fused-ring (bicyclic) bond motifs is 1. The molecule has 0 aliphatic carbocycles. The van der Waals surface area contributed by atoms with Crippen molar-refractivity contribution >= 4 is 11.7 Å². The molecule has 3 rings (SSSR count). The summed E-state index contributed by atoms with van der Waals surface area (Å²) in [6.07, 6.45) is 4.82. The molecule has 0 radical (unpaired) electrons. The number of rotatable bonds is 3. The maximum Gasteiger partial charge on any atom is 0.357 e. The first-order valence-electron chi connectivity index (χ1n) is 6.09. The highest BCUT2D eigenvalue weighted by Crippen LogP contribution is 2.14. The van der Waals surface area contributed by atoms with Crippen molar-refractivity contribution in [2.24, 2.45) is 0 Å². The van der Waals surface area contributed by atoms with Crippen LogP contribution < -0.4 is 0 Å². The first kappa shape index (κ1) is 12.2. The van der Waals surface area contributed by atoms with Crippen molar-refractivity contribution in [3.8, 4) is 11.4 Å². The minimum Gasteiger partial charge on any atom is -0.461 e. The highest BCUT2D eigenvalue weighted by atomic mass is 16.5. The SMILES string of the molecule is CCOC(=O)c1ccnc2nc(-c3cccnc3)nn12. The quantitative estimate of drug-likeness (QED) is 0.668. The summed E-state index contributed by atoms with van der Waals surface area (Å²) in [6.45, 7) is 2.05. The van der Waals surface area contributed by atoms with E-state index >= 15 is 0 Å². The molecule has 0 amide bonds. The summed E-state index contributed by atoms with van der Waals surface area (Å²) in [5.41, 5.74) is 1.05. The van der Waals surface area contributed by atoms with E-state index < -0.39 is 5.97 Å². The lowest BCUT2D eigenvalue weighted by atomic mass is 10.3. The van der Waals surface area contributed by atoms with Gasteiger partial charge in [0.15, 0.2) is 11.5 Å². The Morgan fingerprint density at radius 1 is 1.35 bits per heavy atom. The molecule has 0 atom stereocenters. The van der Waals surface area contributed by atoms with Gasteiger partial charge in [0.1, 0.15) is 0 Å². The average Bonchev–Trinajstić information content (AvgIpc) is 2.92. The van der Waals surface area contributed by atoms with Gasteiger partial charge in [0, 0.05) is 24.2 Å². The zero-order valence-electron chi connectivity index (χ0n) is 10.7. The largest absolute Gasteiger partial charge is 0.461 e. The number of carbonyl (C=O) groups excluding carboxylic acids is 1. The number of aromatic nitrogens is 5. The lowest BCUT2D eigenvalue weighted by molar-refractivity contribution is 0.0516. The third-order valence-corrected chi connectivity index (χ3v) is 2.64. The summed E-state index contributed by atoms with van der Waals surface area (Å²) in [4.78, 5) is 24.2. The van der Waals surface area contributed by atoms with E-state index in [1.54, 1.807) is 31.5 Å². The van der Waals surface area contributed by atoms with Crippen LogP contribution in [0.5, 0.6) is 0 Å². The van der Waals surface area contributed by atoms with Crippen molar-refractivity contribution < 1.29 is 9.53 Å². The molecule has 100 valence electrons. The molecule has 7 heteroatoms. The summed E-state index contributed by atoms with van der Waals surface area (Å²) in [6, 6.07) is 5.18. The Balaban J connectivity index is 2.12. The third-order valence-electron chi connectivity index (χ3n) is 2.64. The second-order valence-electron chi connectivity index (χ2n) is 3.94. The fourth-order valence-electron chi connectivity index (χ4n) is 1.77. The monoisotopic (exact) mass is 269 g/mol. The lowest BCUT2D eigenvalue weighted by Gasteiger charge is -2.02. The average molecular weight is 269 g/mol. The normalized spacial score (nSPS) is 10.7. The number of hydrogen-bond donors (Lipinski definition) is 0. The summed E-state index contributed by atoms with van der Waals surface area (Å²) in [5.74, 6) is 0.347. The summed E-state index contributed by atoms with van der Waals surface area (Å²) < 4.78 is 6.36. The van der Waals surface area contributed by atoms with Gasteiger partial charge in [0.05, 0.1) is 6.61 Å². The van der Waals surface area contributed by atoms with Crippen LogP contribution in [-0.2, 0) is 4.74 Å². The predicted octanol–water partition coefficient (Wildman–Crippen LogP) is 1.36. The molecule has 3 aromatic rings. The summed E-state index contributed by atoms with van der Waals surface area (Å²) in [5, 5.41) is 4.29. The van der Waals surface area contributed by atoms with Gasteiger partial charge in [-0.3, -0.25) is 4.98 Å². The molecule has 0 fully saturated rings. The van der Waals surface area contributed by atoms with Crippen LogP contribution in [-0.4, -0.2) is 37.1 Å². The van der Waals surface area contributed by atoms with Crippen LogP contribution in [0.3, 0.4) is 0 Å². The predicted molar refractivity (Wildman–Crippen MR) is 70.0 cm³/mol. The van der Waals surface area contributed by atoms with Gasteiger partial charge >= 0.3 is 5.97 Å². The van der Waals surface area contributed by atoms with Gasteiger partial charge in [0.25, 0.3) is 5.78 Å². The fourth-order valence-corrected chi connectivity index (χ4v) is 1.77. The summed E-state index contributed by atoms with van der Waals surface area (Å²) >= 11 is 0. The number of carbonyl (C=O) groups is 1. The maximum atomic E-state index is 11.9. The van der Waals surface area contributed by atoms with Crippen LogP contribution in [0.25, 0.3) is 17.2 Å². The van der Waals surface area contributed by atoms with Crippen LogP contribution in [0, 0.1) is 0 Å². The molecule has 7 nitrogen and oxygen atoms in total. The third kappa shape index (κ3) is 2.09. The Hall–Kier alpha value is -2.83. The van der Waals surface area contributed by atoms with Gasteiger partial charge in [-0.1, -0.05) is 0 Å². The molecule has 0 aromatic carbocycles.